The fraction of sp³-hybridized carbons (Fsp3) is 0. The monoisotopic (exact) mass is 240 g/mol. The quantitative estimate of drug-likeness (QED) is 0.761. The molecule has 0 aliphatic carbocycles. The largest absolute Gasteiger partial charge is 0.545 e. The SMILES string of the molecule is O=C([O-])c1cccc(-c2cccc(C(=O)[O-])c2)c1. The van der Waals surface area contributed by atoms with Gasteiger partial charge in [0.1, 0.15) is 0 Å². The number of carboxylic acids is 2. The van der Waals surface area contributed by atoms with Crippen molar-refractivity contribution in [2.75, 3.05) is 0 Å². The highest BCUT2D eigenvalue weighted by atomic mass is 16.4. The van der Waals surface area contributed by atoms with Crippen LogP contribution in [0.25, 0.3) is 11.1 Å². The summed E-state index contributed by atoms with van der Waals surface area (Å²) in [5, 5.41) is 21.5. The fourth-order valence-electron chi connectivity index (χ4n) is 1.65. The number of hydrogen-bond donors (Lipinski definition) is 0. The molecule has 0 unspecified atom stereocenters. The van der Waals surface area contributed by atoms with Crippen LogP contribution in [0.15, 0.2) is 48.5 Å². The van der Waals surface area contributed by atoms with Crippen LogP contribution in [0.3, 0.4) is 0 Å². The molecule has 18 heavy (non-hydrogen) atoms. The van der Waals surface area contributed by atoms with Gasteiger partial charge in [0.15, 0.2) is 0 Å². The minimum absolute atomic E-state index is 0.0475. The summed E-state index contributed by atoms with van der Waals surface area (Å²) in [4.78, 5) is 21.5. The van der Waals surface area contributed by atoms with E-state index >= 15 is 0 Å². The number of hydrogen-bond acceptors (Lipinski definition) is 4. The summed E-state index contributed by atoms with van der Waals surface area (Å²) in [6.45, 7) is 0. The minimum atomic E-state index is -1.27. The fourth-order valence-corrected chi connectivity index (χ4v) is 1.65. The standard InChI is InChI=1S/C14H10O4/c15-13(16)11-5-1-3-9(7-11)10-4-2-6-12(8-10)14(17)18/h1-8H,(H,15,16)(H,17,18)/p-2. The van der Waals surface area contributed by atoms with Gasteiger partial charge >= 0.3 is 0 Å². The molecule has 0 aliphatic heterocycles. The van der Waals surface area contributed by atoms with Gasteiger partial charge < -0.3 is 19.8 Å². The summed E-state index contributed by atoms with van der Waals surface area (Å²) in [6, 6.07) is 12.2. The van der Waals surface area contributed by atoms with Gasteiger partial charge in [-0.25, -0.2) is 0 Å². The Morgan fingerprint density at radius 1 is 0.722 bits per heavy atom. The Morgan fingerprint density at radius 3 is 1.44 bits per heavy atom. The second-order valence-electron chi connectivity index (χ2n) is 3.74. The second kappa shape index (κ2) is 4.71. The summed E-state index contributed by atoms with van der Waals surface area (Å²) in [7, 11) is 0. The highest BCUT2D eigenvalue weighted by Gasteiger charge is 2.01. The van der Waals surface area contributed by atoms with E-state index in [0.717, 1.165) is 0 Å². The highest BCUT2D eigenvalue weighted by Crippen LogP contribution is 2.21. The third-order valence-corrected chi connectivity index (χ3v) is 2.53. The first kappa shape index (κ1) is 11.9. The molecule has 90 valence electrons. The van der Waals surface area contributed by atoms with Crippen molar-refractivity contribution in [1.29, 1.82) is 0 Å². The van der Waals surface area contributed by atoms with Crippen molar-refractivity contribution in [3.8, 4) is 11.1 Å². The summed E-state index contributed by atoms with van der Waals surface area (Å²) in [5.41, 5.74) is 1.32. The zero-order chi connectivity index (χ0) is 13.1. The van der Waals surface area contributed by atoms with E-state index in [4.69, 9.17) is 0 Å². The van der Waals surface area contributed by atoms with E-state index in [9.17, 15) is 19.8 Å². The van der Waals surface area contributed by atoms with Crippen molar-refractivity contribution in [2.24, 2.45) is 0 Å². The van der Waals surface area contributed by atoms with Crippen molar-refractivity contribution < 1.29 is 19.8 Å². The van der Waals surface area contributed by atoms with E-state index in [2.05, 4.69) is 0 Å². The average Bonchev–Trinajstić information content (AvgIpc) is 2.39. The Hall–Kier alpha value is -2.62. The Labute approximate surface area is 103 Å². The predicted molar refractivity (Wildman–Crippen MR) is 60.5 cm³/mol. The molecular formula is C14H8O4-2. The first-order chi connectivity index (χ1) is 8.58. The molecule has 4 nitrogen and oxygen atoms in total. The molecule has 4 heteroatoms. The molecular weight excluding hydrogens is 232 g/mol. The Morgan fingerprint density at radius 2 is 1.11 bits per heavy atom. The molecule has 0 amide bonds. The zero-order valence-corrected chi connectivity index (χ0v) is 9.25. The first-order valence-electron chi connectivity index (χ1n) is 5.21. The van der Waals surface area contributed by atoms with Gasteiger partial charge in [-0.3, -0.25) is 0 Å². The maximum atomic E-state index is 10.7. The maximum absolute atomic E-state index is 10.7. The smallest absolute Gasteiger partial charge is 0.0715 e. The lowest BCUT2D eigenvalue weighted by molar-refractivity contribution is -0.256. The van der Waals surface area contributed by atoms with Gasteiger partial charge in [-0.2, -0.15) is 0 Å². The van der Waals surface area contributed by atoms with Crippen molar-refractivity contribution in [3.05, 3.63) is 59.7 Å². The van der Waals surface area contributed by atoms with Crippen LogP contribution in [0, 0.1) is 0 Å². The summed E-state index contributed by atoms with van der Waals surface area (Å²) < 4.78 is 0. The van der Waals surface area contributed by atoms with Gasteiger partial charge in [0.25, 0.3) is 0 Å². The summed E-state index contributed by atoms with van der Waals surface area (Å²) in [5.74, 6) is -2.54. The number of carbonyl (C=O) groups is 2. The van der Waals surface area contributed by atoms with Crippen LogP contribution < -0.4 is 10.2 Å². The molecule has 0 bridgehead atoms. The molecule has 2 rings (SSSR count). The van der Waals surface area contributed by atoms with E-state index < -0.39 is 11.9 Å². The molecule has 0 saturated heterocycles. The Kier molecular flexibility index (Phi) is 3.10. The number of aromatic carboxylic acids is 2. The number of carbonyl (C=O) groups excluding carboxylic acids is 2. The molecule has 0 fully saturated rings. The van der Waals surface area contributed by atoms with Crippen molar-refractivity contribution in [2.45, 2.75) is 0 Å². The van der Waals surface area contributed by atoms with Gasteiger partial charge in [0.05, 0.1) is 11.9 Å². The minimum Gasteiger partial charge on any atom is -0.545 e. The molecule has 0 atom stereocenters. The van der Waals surface area contributed by atoms with Gasteiger partial charge in [-0.1, -0.05) is 36.4 Å². The normalized spacial score (nSPS) is 10.0. The lowest BCUT2D eigenvalue weighted by Crippen LogP contribution is -2.22. The molecule has 0 N–H and O–H groups in total. The summed E-state index contributed by atoms with van der Waals surface area (Å²) in [6.07, 6.45) is 0. The maximum Gasteiger partial charge on any atom is 0.0715 e. The number of carboxylic acid groups (broad SMARTS) is 2. The molecule has 0 heterocycles. The van der Waals surface area contributed by atoms with Crippen molar-refractivity contribution in [1.82, 2.24) is 0 Å². The lowest BCUT2D eigenvalue weighted by Gasteiger charge is -2.08. The number of benzene rings is 2. The van der Waals surface area contributed by atoms with E-state index in [1.807, 2.05) is 0 Å². The van der Waals surface area contributed by atoms with Crippen LogP contribution >= 0.6 is 0 Å². The van der Waals surface area contributed by atoms with Gasteiger partial charge in [-0.05, 0) is 34.4 Å². The van der Waals surface area contributed by atoms with Crippen molar-refractivity contribution >= 4 is 11.9 Å². The lowest BCUT2D eigenvalue weighted by atomic mass is 10.0. The third-order valence-electron chi connectivity index (χ3n) is 2.53. The van der Waals surface area contributed by atoms with Crippen LogP contribution in [0.1, 0.15) is 20.7 Å². The highest BCUT2D eigenvalue weighted by molar-refractivity contribution is 5.90. The molecule has 2 aromatic rings. The van der Waals surface area contributed by atoms with Crippen LogP contribution in [0.5, 0.6) is 0 Å². The molecule has 2 aromatic carbocycles. The van der Waals surface area contributed by atoms with Crippen LogP contribution in [0.4, 0.5) is 0 Å². The van der Waals surface area contributed by atoms with Gasteiger partial charge in [-0.15, -0.1) is 0 Å². The van der Waals surface area contributed by atoms with Gasteiger partial charge in [0, 0.05) is 0 Å². The topological polar surface area (TPSA) is 80.3 Å². The third kappa shape index (κ3) is 2.38. The Balaban J connectivity index is 2.48. The van der Waals surface area contributed by atoms with Gasteiger partial charge in [0.2, 0.25) is 0 Å². The molecule has 0 radical (unpaired) electrons. The second-order valence-corrected chi connectivity index (χ2v) is 3.74. The van der Waals surface area contributed by atoms with E-state index in [0.29, 0.717) is 11.1 Å². The molecule has 0 aliphatic rings. The molecule has 0 saturated carbocycles. The van der Waals surface area contributed by atoms with E-state index in [1.54, 1.807) is 24.3 Å². The molecule has 0 aromatic heterocycles. The Bertz CT molecular complexity index is 561. The van der Waals surface area contributed by atoms with Crippen LogP contribution in [0.2, 0.25) is 0 Å². The molecule has 0 spiro atoms. The van der Waals surface area contributed by atoms with Crippen molar-refractivity contribution in [3.63, 3.8) is 0 Å². The predicted octanol–water partition coefficient (Wildman–Crippen LogP) is 0.0806. The first-order valence-corrected chi connectivity index (χ1v) is 5.21. The summed E-state index contributed by atoms with van der Waals surface area (Å²) >= 11 is 0. The van der Waals surface area contributed by atoms with Crippen LogP contribution in [-0.4, -0.2) is 11.9 Å². The number of rotatable bonds is 3. The zero-order valence-electron chi connectivity index (χ0n) is 9.25. The van der Waals surface area contributed by atoms with E-state index in [1.165, 1.54) is 24.3 Å². The van der Waals surface area contributed by atoms with Crippen LogP contribution in [-0.2, 0) is 0 Å². The van der Waals surface area contributed by atoms with E-state index in [-0.39, 0.29) is 11.1 Å². The average molecular weight is 240 g/mol.